The van der Waals surface area contributed by atoms with E-state index in [2.05, 4.69) is 10.3 Å². The van der Waals surface area contributed by atoms with Gasteiger partial charge in [0.05, 0.1) is 28.6 Å². The Morgan fingerprint density at radius 3 is 2.96 bits per heavy atom. The highest BCUT2D eigenvalue weighted by molar-refractivity contribution is 8.04. The van der Waals surface area contributed by atoms with Gasteiger partial charge in [0.25, 0.3) is 0 Å². The number of thioether (sulfide) groups is 1. The molecular weight excluding hydrogens is 354 g/mol. The van der Waals surface area contributed by atoms with E-state index in [0.29, 0.717) is 10.7 Å². The Labute approximate surface area is 148 Å². The minimum Gasteiger partial charge on any atom is -0.463 e. The van der Waals surface area contributed by atoms with Crippen LogP contribution in [0.4, 0.5) is 5.69 Å². The van der Waals surface area contributed by atoms with Crippen molar-refractivity contribution in [1.29, 1.82) is 0 Å². The zero-order valence-corrected chi connectivity index (χ0v) is 14.7. The first-order valence-corrected chi connectivity index (χ1v) is 8.45. The van der Waals surface area contributed by atoms with Crippen LogP contribution in [0.3, 0.4) is 0 Å². The van der Waals surface area contributed by atoms with Gasteiger partial charge in [-0.1, -0.05) is 23.4 Å². The van der Waals surface area contributed by atoms with E-state index in [1.54, 1.807) is 26.0 Å². The number of amides is 2. The maximum Gasteiger partial charge on any atom is 0.333 e. The molecule has 1 aromatic heterocycles. The maximum absolute atomic E-state index is 12.2. The lowest BCUT2D eigenvalue weighted by atomic mass is 10.3. The normalized spacial score (nSPS) is 18.8. The summed E-state index contributed by atoms with van der Waals surface area (Å²) in [5.41, 5.74) is 0.354. The van der Waals surface area contributed by atoms with Crippen LogP contribution < -0.4 is 5.32 Å². The monoisotopic (exact) mass is 369 g/mol. The summed E-state index contributed by atoms with van der Waals surface area (Å²) in [6, 6.07) is 3.23. The van der Waals surface area contributed by atoms with Gasteiger partial charge in [-0.05, 0) is 26.0 Å². The molecule has 0 aliphatic carbocycles. The number of hydrogen-bond donors (Lipinski definition) is 1. The highest BCUT2D eigenvalue weighted by atomic mass is 35.5. The van der Waals surface area contributed by atoms with Crippen LogP contribution in [0.1, 0.15) is 13.8 Å². The molecule has 1 atom stereocenters. The lowest BCUT2D eigenvalue weighted by molar-refractivity contribution is -0.137. The van der Waals surface area contributed by atoms with Gasteiger partial charge in [-0.25, -0.2) is 9.78 Å². The van der Waals surface area contributed by atoms with Crippen molar-refractivity contribution in [2.75, 3.05) is 18.5 Å². The van der Waals surface area contributed by atoms with E-state index >= 15 is 0 Å². The molecule has 7 nitrogen and oxygen atoms in total. The van der Waals surface area contributed by atoms with Gasteiger partial charge in [-0.15, -0.1) is 0 Å². The van der Waals surface area contributed by atoms with E-state index in [1.165, 1.54) is 28.9 Å². The standard InChI is InChI=1S/C15H16ClN3O4S/c1-3-23-13(21)7-12-19(15(22)9(2)24-12)8-11(20)18-10-5-4-6-17-14(10)16/h4-7,9H,3,8H2,1-2H3,(H,18,20)/t9-/m1/s1. The Balaban J connectivity index is 2.10. The lowest BCUT2D eigenvalue weighted by Crippen LogP contribution is -2.35. The summed E-state index contributed by atoms with van der Waals surface area (Å²) >= 11 is 7.09. The molecule has 2 heterocycles. The van der Waals surface area contributed by atoms with E-state index < -0.39 is 11.9 Å². The zero-order chi connectivity index (χ0) is 17.7. The number of aromatic nitrogens is 1. The van der Waals surface area contributed by atoms with E-state index in [4.69, 9.17) is 16.3 Å². The van der Waals surface area contributed by atoms with Crippen LogP contribution in [0.15, 0.2) is 29.4 Å². The van der Waals surface area contributed by atoms with Crippen LogP contribution in [0, 0.1) is 0 Å². The minimum absolute atomic E-state index is 0.156. The van der Waals surface area contributed by atoms with Crippen molar-refractivity contribution in [2.24, 2.45) is 0 Å². The van der Waals surface area contributed by atoms with Crippen LogP contribution in [-0.4, -0.2) is 46.1 Å². The SMILES string of the molecule is CCOC(=O)C=C1S[C@H](C)C(=O)N1CC(=O)Nc1cccnc1Cl. The fourth-order valence-corrected chi connectivity index (χ4v) is 3.19. The van der Waals surface area contributed by atoms with Gasteiger partial charge in [-0.2, -0.15) is 0 Å². The number of carbonyl (C=O) groups excluding carboxylic acids is 3. The second-order valence-corrected chi connectivity index (χ2v) is 6.53. The van der Waals surface area contributed by atoms with Crippen LogP contribution in [0.5, 0.6) is 0 Å². The van der Waals surface area contributed by atoms with Crippen LogP contribution in [-0.2, 0) is 19.1 Å². The molecule has 1 aliphatic heterocycles. The van der Waals surface area contributed by atoms with Gasteiger partial charge >= 0.3 is 5.97 Å². The number of halogens is 1. The van der Waals surface area contributed by atoms with Gasteiger partial charge in [0.1, 0.15) is 6.54 Å². The van der Waals surface area contributed by atoms with Crippen molar-refractivity contribution in [2.45, 2.75) is 19.1 Å². The first kappa shape index (κ1) is 18.3. The van der Waals surface area contributed by atoms with Gasteiger partial charge in [-0.3, -0.25) is 14.5 Å². The third-order valence-electron chi connectivity index (χ3n) is 3.04. The zero-order valence-electron chi connectivity index (χ0n) is 13.1. The van der Waals surface area contributed by atoms with Crippen molar-refractivity contribution in [3.05, 3.63) is 34.6 Å². The highest BCUT2D eigenvalue weighted by Gasteiger charge is 2.35. The second-order valence-electron chi connectivity index (χ2n) is 4.81. The Kier molecular flexibility index (Phi) is 6.22. The van der Waals surface area contributed by atoms with E-state index in [-0.39, 0.29) is 29.5 Å². The molecular formula is C15H16ClN3O4S. The molecule has 0 aromatic carbocycles. The summed E-state index contributed by atoms with van der Waals surface area (Å²) in [5.74, 6) is -1.24. The van der Waals surface area contributed by atoms with Crippen molar-refractivity contribution >= 4 is 46.8 Å². The van der Waals surface area contributed by atoms with E-state index in [9.17, 15) is 14.4 Å². The number of pyridine rings is 1. The number of nitrogens with zero attached hydrogens (tertiary/aromatic N) is 2. The number of anilines is 1. The quantitative estimate of drug-likeness (QED) is 0.485. The number of carbonyl (C=O) groups is 3. The average molecular weight is 370 g/mol. The van der Waals surface area contributed by atoms with Crippen LogP contribution in [0.25, 0.3) is 0 Å². The molecule has 0 bridgehead atoms. The molecule has 1 aromatic rings. The molecule has 9 heteroatoms. The fraction of sp³-hybridized carbons (Fsp3) is 0.333. The molecule has 128 valence electrons. The summed E-state index contributed by atoms with van der Waals surface area (Å²) in [7, 11) is 0. The third kappa shape index (κ3) is 4.48. The number of rotatable bonds is 5. The maximum atomic E-state index is 12.2. The van der Waals surface area contributed by atoms with Gasteiger partial charge in [0, 0.05) is 6.20 Å². The minimum atomic E-state index is -0.553. The summed E-state index contributed by atoms with van der Waals surface area (Å²) in [5, 5.41) is 2.76. The number of nitrogens with one attached hydrogen (secondary N) is 1. The molecule has 1 N–H and O–H groups in total. The van der Waals surface area contributed by atoms with Crippen LogP contribution in [0.2, 0.25) is 5.15 Å². The molecule has 1 saturated heterocycles. The van der Waals surface area contributed by atoms with Gasteiger partial charge < -0.3 is 10.1 Å². The largest absolute Gasteiger partial charge is 0.463 e. The Morgan fingerprint density at radius 2 is 2.29 bits per heavy atom. The van der Waals surface area contributed by atoms with Crippen molar-refractivity contribution in [1.82, 2.24) is 9.88 Å². The highest BCUT2D eigenvalue weighted by Crippen LogP contribution is 2.34. The smallest absolute Gasteiger partial charge is 0.333 e. The molecule has 24 heavy (non-hydrogen) atoms. The first-order chi connectivity index (χ1) is 11.4. The average Bonchev–Trinajstić information content (AvgIpc) is 2.77. The van der Waals surface area contributed by atoms with Crippen molar-refractivity contribution in [3.63, 3.8) is 0 Å². The first-order valence-electron chi connectivity index (χ1n) is 7.19. The number of hydrogen-bond acceptors (Lipinski definition) is 6. The molecule has 0 spiro atoms. The Hall–Kier alpha value is -2.06. The van der Waals surface area contributed by atoms with Crippen LogP contribution >= 0.6 is 23.4 Å². The summed E-state index contributed by atoms with van der Waals surface area (Å²) in [6.45, 7) is 3.40. The Bertz CT molecular complexity index is 695. The van der Waals surface area contributed by atoms with Gasteiger partial charge in [0.2, 0.25) is 11.8 Å². The summed E-state index contributed by atoms with van der Waals surface area (Å²) < 4.78 is 4.85. The Morgan fingerprint density at radius 1 is 1.54 bits per heavy atom. The predicted molar refractivity (Wildman–Crippen MR) is 91.4 cm³/mol. The summed E-state index contributed by atoms with van der Waals surface area (Å²) in [4.78, 5) is 41.1. The van der Waals surface area contributed by atoms with Crippen molar-refractivity contribution < 1.29 is 19.1 Å². The predicted octanol–water partition coefficient (Wildman–Crippen LogP) is 2.04. The van der Waals surface area contributed by atoms with Crippen molar-refractivity contribution in [3.8, 4) is 0 Å². The number of esters is 1. The fourth-order valence-electron chi connectivity index (χ4n) is 1.99. The van der Waals surface area contributed by atoms with Gasteiger partial charge in [0.15, 0.2) is 5.15 Å². The van der Waals surface area contributed by atoms with E-state index in [0.717, 1.165) is 0 Å². The third-order valence-corrected chi connectivity index (χ3v) is 4.48. The number of ether oxygens (including phenoxy) is 1. The molecule has 1 aliphatic rings. The molecule has 2 rings (SSSR count). The van der Waals surface area contributed by atoms with E-state index in [1.807, 2.05) is 0 Å². The molecule has 2 amide bonds. The summed E-state index contributed by atoms with van der Waals surface area (Å²) in [6.07, 6.45) is 2.72. The molecule has 1 fully saturated rings. The topological polar surface area (TPSA) is 88.6 Å². The lowest BCUT2D eigenvalue weighted by Gasteiger charge is -2.17. The second kappa shape index (κ2) is 8.16. The molecule has 0 saturated carbocycles. The molecule has 0 unspecified atom stereocenters. The molecule has 0 radical (unpaired) electrons.